The second kappa shape index (κ2) is 16.0. The van der Waals surface area contributed by atoms with Crippen molar-refractivity contribution in [1.82, 2.24) is 24.8 Å². The molecule has 3 aliphatic rings. The number of benzene rings is 1. The van der Waals surface area contributed by atoms with Crippen LogP contribution in [0.4, 0.5) is 20.6 Å². The van der Waals surface area contributed by atoms with Crippen molar-refractivity contribution in [2.75, 3.05) is 42.6 Å². The molecule has 2 saturated heterocycles. The molecule has 7 rings (SSSR count). The number of alkyl carbamates (subject to hydrolysis) is 1. The van der Waals surface area contributed by atoms with Crippen LogP contribution in [0.2, 0.25) is 0 Å². The number of hydrogen-bond acceptors (Lipinski definition) is 8. The third-order valence-corrected chi connectivity index (χ3v) is 10.8. The van der Waals surface area contributed by atoms with Crippen LogP contribution in [0.5, 0.6) is 0 Å². The summed E-state index contributed by atoms with van der Waals surface area (Å²) in [7, 11) is 0. The number of rotatable bonds is 12. The Bertz CT molecular complexity index is 1930. The number of nitrogens with one attached hydrogen (secondary N) is 1. The lowest BCUT2D eigenvalue weighted by Crippen LogP contribution is -2.48. The average Bonchev–Trinajstić information content (AvgIpc) is 3.99. The lowest BCUT2D eigenvalue weighted by Gasteiger charge is -2.40. The minimum atomic E-state index is -0.421. The van der Waals surface area contributed by atoms with E-state index in [0.717, 1.165) is 92.6 Å². The van der Waals surface area contributed by atoms with E-state index in [1.165, 1.54) is 6.07 Å². The highest BCUT2D eigenvalue weighted by molar-refractivity contribution is 5.84. The van der Waals surface area contributed by atoms with Crippen LogP contribution < -0.4 is 20.5 Å². The van der Waals surface area contributed by atoms with Gasteiger partial charge in [0.25, 0.3) is 0 Å². The molecule has 4 aromatic rings. The molecule has 1 amide bonds. The number of aromatic nitrogens is 3. The number of aryl methyl sites for hydroxylation is 2. The molecule has 2 atom stereocenters. The summed E-state index contributed by atoms with van der Waals surface area (Å²) in [5, 5.41) is 3.40. The molecule has 3 fully saturated rings. The van der Waals surface area contributed by atoms with Gasteiger partial charge in [0.2, 0.25) is 0 Å². The van der Waals surface area contributed by atoms with Crippen LogP contribution in [0.15, 0.2) is 59.8 Å². The summed E-state index contributed by atoms with van der Waals surface area (Å²) in [5.74, 6) is -0.408. The first kappa shape index (κ1) is 35.9. The summed E-state index contributed by atoms with van der Waals surface area (Å²) in [6.45, 7) is 10.6. The molecule has 52 heavy (non-hydrogen) atoms. The summed E-state index contributed by atoms with van der Waals surface area (Å²) in [6, 6.07) is 12.0. The second-order valence-electron chi connectivity index (χ2n) is 15.0. The number of unbranched alkanes of at least 4 members (excludes halogenated alkanes) is 1. The fraction of sp³-hybridized carbons (Fsp3) is 0.512. The van der Waals surface area contributed by atoms with Crippen LogP contribution in [0, 0.1) is 19.7 Å². The molecule has 3 aromatic heterocycles. The second-order valence-corrected chi connectivity index (χ2v) is 15.0. The van der Waals surface area contributed by atoms with Gasteiger partial charge in [-0.25, -0.2) is 9.18 Å². The molecule has 5 heterocycles. The summed E-state index contributed by atoms with van der Waals surface area (Å²) < 4.78 is 23.7. The number of fused-ring (bicyclic) bond motifs is 1. The monoisotopic (exact) mass is 709 g/mol. The number of hydrogen-bond donors (Lipinski definition) is 1. The number of pyridine rings is 3. The normalized spacial score (nSPS) is 19.3. The van der Waals surface area contributed by atoms with Gasteiger partial charge in [0.15, 0.2) is 5.43 Å². The molecule has 11 heteroatoms. The van der Waals surface area contributed by atoms with Gasteiger partial charge in [0, 0.05) is 92.1 Å². The van der Waals surface area contributed by atoms with Crippen LogP contribution in [-0.2, 0) is 17.8 Å². The van der Waals surface area contributed by atoms with Crippen LogP contribution in [0.3, 0.4) is 0 Å². The van der Waals surface area contributed by atoms with Crippen LogP contribution in [-0.4, -0.2) is 70.4 Å². The molecule has 0 spiro atoms. The van der Waals surface area contributed by atoms with E-state index in [-0.39, 0.29) is 23.6 Å². The fourth-order valence-corrected chi connectivity index (χ4v) is 7.86. The van der Waals surface area contributed by atoms with Crippen LogP contribution in [0.25, 0.3) is 10.9 Å². The number of carbonyl (C=O) groups excluding carboxylic acids is 1. The Kier molecular flexibility index (Phi) is 11.1. The van der Waals surface area contributed by atoms with E-state index < -0.39 is 11.9 Å². The zero-order valence-corrected chi connectivity index (χ0v) is 30.8. The smallest absolute Gasteiger partial charge is 0.407 e. The van der Waals surface area contributed by atoms with Gasteiger partial charge >= 0.3 is 6.09 Å². The first-order valence-electron chi connectivity index (χ1n) is 19.1. The van der Waals surface area contributed by atoms with Crippen LogP contribution >= 0.6 is 0 Å². The van der Waals surface area contributed by atoms with Crippen molar-refractivity contribution in [2.45, 2.75) is 103 Å². The average molecular weight is 710 g/mol. The van der Waals surface area contributed by atoms with Gasteiger partial charge in [-0.05, 0) is 101 Å². The quantitative estimate of drug-likeness (QED) is 0.157. The molecular weight excluding hydrogens is 657 g/mol. The SMILES string of the molecule is CCCCOC(=O)N[C@H]1CCCN(c2cc3c(cc2F)c(=O)c(CN(Cc2ccnc(C)c2)[C@H]2CCCN(c4ccc(C)nc4)C2)cn3C2CC2)C1. The van der Waals surface area contributed by atoms with Gasteiger partial charge in [-0.2, -0.15) is 0 Å². The highest BCUT2D eigenvalue weighted by atomic mass is 19.1. The zero-order valence-electron chi connectivity index (χ0n) is 30.8. The van der Waals surface area contributed by atoms with Crippen molar-refractivity contribution in [3.63, 3.8) is 0 Å². The minimum absolute atomic E-state index is 0.114. The number of carbonyl (C=O) groups is 1. The lowest BCUT2D eigenvalue weighted by atomic mass is 10.0. The predicted molar refractivity (Wildman–Crippen MR) is 203 cm³/mol. The largest absolute Gasteiger partial charge is 0.450 e. The Morgan fingerprint density at radius 2 is 1.81 bits per heavy atom. The molecule has 1 aliphatic carbocycles. The van der Waals surface area contributed by atoms with E-state index in [2.05, 4.69) is 60.8 Å². The van der Waals surface area contributed by atoms with E-state index >= 15 is 4.39 Å². The highest BCUT2D eigenvalue weighted by Gasteiger charge is 2.31. The first-order chi connectivity index (χ1) is 25.2. The zero-order chi connectivity index (χ0) is 36.2. The Hall–Kier alpha value is -4.51. The fourth-order valence-electron chi connectivity index (χ4n) is 7.86. The molecule has 10 nitrogen and oxygen atoms in total. The molecule has 0 bridgehead atoms. The predicted octanol–water partition coefficient (Wildman–Crippen LogP) is 7.05. The summed E-state index contributed by atoms with van der Waals surface area (Å²) in [5.41, 5.74) is 6.05. The van der Waals surface area contributed by atoms with Crippen molar-refractivity contribution >= 4 is 28.4 Å². The maximum Gasteiger partial charge on any atom is 0.407 e. The van der Waals surface area contributed by atoms with Gasteiger partial charge in [0.05, 0.1) is 29.7 Å². The van der Waals surface area contributed by atoms with E-state index in [4.69, 9.17) is 4.74 Å². The molecule has 1 aromatic carbocycles. The van der Waals surface area contributed by atoms with Crippen molar-refractivity contribution in [3.05, 3.63) is 93.5 Å². The Morgan fingerprint density at radius 3 is 2.58 bits per heavy atom. The first-order valence-corrected chi connectivity index (χ1v) is 19.1. The number of anilines is 2. The molecule has 2 aliphatic heterocycles. The maximum absolute atomic E-state index is 16.1. The van der Waals surface area contributed by atoms with Gasteiger partial charge in [0.1, 0.15) is 5.82 Å². The molecule has 0 unspecified atom stereocenters. The van der Waals surface area contributed by atoms with Crippen molar-refractivity contribution in [1.29, 1.82) is 0 Å². The number of amides is 1. The standard InChI is InChI=1S/C41H52FN7O3/c1-4-5-18-52-41(51)45-32-8-6-17-47(26-32)39-21-38-36(20-37(39)42)40(50)31(25-49(38)33-12-13-33)24-48(23-30-14-15-43-29(3)19-30)35-9-7-16-46(27-35)34-11-10-28(2)44-22-34/h10-11,14-15,19-22,25,32-33,35H,4-9,12-13,16-18,23-24,26-27H2,1-3H3,(H,45,51)/t32-,35-/m0/s1. The van der Waals surface area contributed by atoms with E-state index in [1.54, 1.807) is 0 Å². The van der Waals surface area contributed by atoms with Gasteiger partial charge in [-0.15, -0.1) is 0 Å². The van der Waals surface area contributed by atoms with E-state index in [9.17, 15) is 9.59 Å². The van der Waals surface area contributed by atoms with Crippen molar-refractivity contribution in [2.24, 2.45) is 0 Å². The number of piperidine rings is 2. The van der Waals surface area contributed by atoms with E-state index in [0.29, 0.717) is 49.4 Å². The Labute approximate surface area is 306 Å². The van der Waals surface area contributed by atoms with Crippen molar-refractivity contribution < 1.29 is 13.9 Å². The molecule has 276 valence electrons. The number of nitrogens with zero attached hydrogens (tertiary/aromatic N) is 6. The topological polar surface area (TPSA) is 95.8 Å². The summed E-state index contributed by atoms with van der Waals surface area (Å²) >= 11 is 0. The van der Waals surface area contributed by atoms with Gasteiger partial charge < -0.3 is 24.4 Å². The highest BCUT2D eigenvalue weighted by Crippen LogP contribution is 2.39. The number of ether oxygens (including phenoxy) is 1. The van der Waals surface area contributed by atoms with E-state index in [1.807, 2.05) is 43.4 Å². The summed E-state index contributed by atoms with van der Waals surface area (Å²) in [4.78, 5) is 42.6. The van der Waals surface area contributed by atoms with Crippen molar-refractivity contribution in [3.8, 4) is 0 Å². The Balaban J connectivity index is 1.17. The molecule has 1 N–H and O–H groups in total. The maximum atomic E-state index is 16.1. The lowest BCUT2D eigenvalue weighted by molar-refractivity contribution is 0.139. The third-order valence-electron chi connectivity index (χ3n) is 10.8. The summed E-state index contributed by atoms with van der Waals surface area (Å²) in [6.07, 6.45) is 13.0. The Morgan fingerprint density at radius 1 is 0.981 bits per heavy atom. The van der Waals surface area contributed by atoms with Crippen LogP contribution in [0.1, 0.15) is 86.8 Å². The molecule has 0 radical (unpaired) electrons. The number of halogens is 1. The van der Waals surface area contributed by atoms with Gasteiger partial charge in [-0.1, -0.05) is 13.3 Å². The third kappa shape index (κ3) is 8.41. The molecule has 1 saturated carbocycles. The van der Waals surface area contributed by atoms with Gasteiger partial charge in [-0.3, -0.25) is 19.7 Å². The minimum Gasteiger partial charge on any atom is -0.450 e. The molecular formula is C41H52FN7O3.